The van der Waals surface area contributed by atoms with Crippen molar-refractivity contribution in [3.63, 3.8) is 0 Å². The van der Waals surface area contributed by atoms with Gasteiger partial charge in [0.05, 0.1) is 5.69 Å². The van der Waals surface area contributed by atoms with Gasteiger partial charge in [0, 0.05) is 18.0 Å². The summed E-state index contributed by atoms with van der Waals surface area (Å²) in [5.41, 5.74) is 1.97. The normalized spacial score (nSPS) is 16.4. The van der Waals surface area contributed by atoms with E-state index in [4.69, 9.17) is 4.52 Å². The van der Waals surface area contributed by atoms with Crippen molar-refractivity contribution in [2.75, 3.05) is 0 Å². The molecule has 0 aromatic carbocycles. The number of aryl methyl sites for hydroxylation is 2. The lowest BCUT2D eigenvalue weighted by Gasteiger charge is -2.11. The van der Waals surface area contributed by atoms with E-state index in [0.717, 1.165) is 36.3 Å². The second-order valence-electron chi connectivity index (χ2n) is 4.85. The Morgan fingerprint density at radius 1 is 1.41 bits per heavy atom. The van der Waals surface area contributed by atoms with E-state index in [1.807, 2.05) is 13.8 Å². The molecule has 1 aromatic rings. The van der Waals surface area contributed by atoms with Crippen LogP contribution in [0.15, 0.2) is 4.52 Å². The van der Waals surface area contributed by atoms with Crippen molar-refractivity contribution in [1.29, 1.82) is 0 Å². The first-order valence-corrected chi connectivity index (χ1v) is 6.38. The summed E-state index contributed by atoms with van der Waals surface area (Å²) in [7, 11) is 0. The Kier molecular flexibility index (Phi) is 3.82. The maximum atomic E-state index is 11.8. The molecule has 1 saturated carbocycles. The Labute approximate surface area is 102 Å². The first kappa shape index (κ1) is 12.1. The van der Waals surface area contributed by atoms with Crippen LogP contribution in [0.1, 0.15) is 49.1 Å². The lowest BCUT2D eigenvalue weighted by molar-refractivity contribution is -0.121. The molecule has 4 heteroatoms. The van der Waals surface area contributed by atoms with Gasteiger partial charge in [-0.2, -0.15) is 0 Å². The smallest absolute Gasteiger partial charge is 0.220 e. The fourth-order valence-electron chi connectivity index (χ4n) is 2.47. The second kappa shape index (κ2) is 5.34. The first-order valence-electron chi connectivity index (χ1n) is 6.38. The largest absolute Gasteiger partial charge is 0.361 e. The van der Waals surface area contributed by atoms with Crippen molar-refractivity contribution in [1.82, 2.24) is 10.5 Å². The molecule has 1 aliphatic rings. The van der Waals surface area contributed by atoms with Gasteiger partial charge in [0.2, 0.25) is 5.91 Å². The molecule has 1 N–H and O–H groups in total. The summed E-state index contributed by atoms with van der Waals surface area (Å²) in [5, 5.41) is 6.98. The van der Waals surface area contributed by atoms with Crippen LogP contribution in [0.5, 0.6) is 0 Å². The first-order chi connectivity index (χ1) is 8.16. The highest BCUT2D eigenvalue weighted by molar-refractivity contribution is 5.76. The van der Waals surface area contributed by atoms with Crippen molar-refractivity contribution < 1.29 is 9.32 Å². The van der Waals surface area contributed by atoms with E-state index in [2.05, 4.69) is 10.5 Å². The van der Waals surface area contributed by atoms with Crippen LogP contribution in [-0.2, 0) is 11.2 Å². The Morgan fingerprint density at radius 2 is 2.12 bits per heavy atom. The van der Waals surface area contributed by atoms with Gasteiger partial charge in [0.1, 0.15) is 5.76 Å². The fraction of sp³-hybridized carbons (Fsp3) is 0.692. The highest BCUT2D eigenvalue weighted by atomic mass is 16.5. The van der Waals surface area contributed by atoms with Crippen LogP contribution in [0.3, 0.4) is 0 Å². The Morgan fingerprint density at radius 3 is 2.71 bits per heavy atom. The topological polar surface area (TPSA) is 55.1 Å². The van der Waals surface area contributed by atoms with Crippen molar-refractivity contribution in [3.8, 4) is 0 Å². The van der Waals surface area contributed by atoms with E-state index in [0.29, 0.717) is 12.5 Å². The minimum atomic E-state index is 0.150. The number of carbonyl (C=O) groups is 1. The number of nitrogens with one attached hydrogen (secondary N) is 1. The minimum absolute atomic E-state index is 0.150. The summed E-state index contributed by atoms with van der Waals surface area (Å²) in [6, 6.07) is 0.409. The van der Waals surface area contributed by atoms with Gasteiger partial charge in [-0.05, 0) is 33.1 Å². The molecule has 0 spiro atoms. The van der Waals surface area contributed by atoms with Crippen LogP contribution >= 0.6 is 0 Å². The van der Waals surface area contributed by atoms with Gasteiger partial charge in [0.15, 0.2) is 0 Å². The highest BCUT2D eigenvalue weighted by Crippen LogP contribution is 2.18. The van der Waals surface area contributed by atoms with E-state index in [9.17, 15) is 4.79 Å². The summed E-state index contributed by atoms with van der Waals surface area (Å²) in [5.74, 6) is 0.980. The standard InChI is InChI=1S/C13H20N2O2/c1-9-12(10(2)17-15-9)7-8-13(16)14-11-5-3-4-6-11/h11H,3-8H2,1-2H3,(H,14,16). The van der Waals surface area contributed by atoms with Crippen molar-refractivity contribution in [2.24, 2.45) is 0 Å². The predicted octanol–water partition coefficient (Wildman–Crippen LogP) is 2.28. The average molecular weight is 236 g/mol. The van der Waals surface area contributed by atoms with E-state index in [-0.39, 0.29) is 5.91 Å². The van der Waals surface area contributed by atoms with Crippen molar-refractivity contribution >= 4 is 5.91 Å². The quantitative estimate of drug-likeness (QED) is 0.872. The van der Waals surface area contributed by atoms with Crippen LogP contribution in [0, 0.1) is 13.8 Å². The monoisotopic (exact) mass is 236 g/mol. The van der Waals surface area contributed by atoms with E-state index in [1.165, 1.54) is 12.8 Å². The van der Waals surface area contributed by atoms with Gasteiger partial charge in [-0.3, -0.25) is 4.79 Å². The summed E-state index contributed by atoms with van der Waals surface area (Å²) >= 11 is 0. The van der Waals surface area contributed by atoms with Gasteiger partial charge in [-0.25, -0.2) is 0 Å². The van der Waals surface area contributed by atoms with Crippen molar-refractivity contribution in [3.05, 3.63) is 17.0 Å². The Hall–Kier alpha value is -1.32. The molecule has 0 aliphatic heterocycles. The Balaban J connectivity index is 1.79. The number of carbonyl (C=O) groups excluding carboxylic acids is 1. The molecule has 4 nitrogen and oxygen atoms in total. The molecular formula is C13H20N2O2. The van der Waals surface area contributed by atoms with Gasteiger partial charge in [0.25, 0.3) is 0 Å². The molecule has 17 heavy (non-hydrogen) atoms. The summed E-state index contributed by atoms with van der Waals surface area (Å²) in [6.07, 6.45) is 6.01. The molecule has 0 atom stereocenters. The molecule has 0 bridgehead atoms. The molecule has 0 unspecified atom stereocenters. The summed E-state index contributed by atoms with van der Waals surface area (Å²) in [6.45, 7) is 3.81. The van der Waals surface area contributed by atoms with Crippen LogP contribution < -0.4 is 5.32 Å². The Bertz CT molecular complexity index is 373. The van der Waals surface area contributed by atoms with E-state index >= 15 is 0 Å². The SMILES string of the molecule is Cc1noc(C)c1CCC(=O)NC1CCCC1. The molecule has 94 valence electrons. The van der Waals surface area contributed by atoms with Crippen LogP contribution in [-0.4, -0.2) is 17.1 Å². The molecular weight excluding hydrogens is 216 g/mol. The zero-order valence-corrected chi connectivity index (χ0v) is 10.6. The molecule has 1 heterocycles. The molecule has 1 amide bonds. The molecule has 1 aliphatic carbocycles. The molecule has 1 fully saturated rings. The lowest BCUT2D eigenvalue weighted by Crippen LogP contribution is -2.32. The van der Waals surface area contributed by atoms with Gasteiger partial charge < -0.3 is 9.84 Å². The zero-order valence-electron chi connectivity index (χ0n) is 10.6. The third-order valence-corrected chi connectivity index (χ3v) is 3.50. The summed E-state index contributed by atoms with van der Waals surface area (Å²) in [4.78, 5) is 11.8. The number of nitrogens with zero attached hydrogens (tertiary/aromatic N) is 1. The van der Waals surface area contributed by atoms with Gasteiger partial charge in [-0.1, -0.05) is 18.0 Å². The molecule has 0 saturated heterocycles. The average Bonchev–Trinajstić information content (AvgIpc) is 2.88. The zero-order chi connectivity index (χ0) is 12.3. The second-order valence-corrected chi connectivity index (χ2v) is 4.85. The molecule has 0 radical (unpaired) electrons. The van der Waals surface area contributed by atoms with Gasteiger partial charge in [-0.15, -0.1) is 0 Å². The maximum Gasteiger partial charge on any atom is 0.220 e. The highest BCUT2D eigenvalue weighted by Gasteiger charge is 2.17. The lowest BCUT2D eigenvalue weighted by atomic mass is 10.1. The van der Waals surface area contributed by atoms with Crippen LogP contribution in [0.2, 0.25) is 0 Å². The number of aromatic nitrogens is 1. The molecule has 2 rings (SSSR count). The number of rotatable bonds is 4. The number of amides is 1. The molecule has 1 aromatic heterocycles. The maximum absolute atomic E-state index is 11.8. The minimum Gasteiger partial charge on any atom is -0.361 e. The van der Waals surface area contributed by atoms with E-state index in [1.54, 1.807) is 0 Å². The fourth-order valence-corrected chi connectivity index (χ4v) is 2.47. The summed E-state index contributed by atoms with van der Waals surface area (Å²) < 4.78 is 5.08. The third kappa shape index (κ3) is 3.08. The van der Waals surface area contributed by atoms with Gasteiger partial charge >= 0.3 is 0 Å². The van der Waals surface area contributed by atoms with Crippen LogP contribution in [0.25, 0.3) is 0 Å². The third-order valence-electron chi connectivity index (χ3n) is 3.50. The predicted molar refractivity (Wildman–Crippen MR) is 64.7 cm³/mol. The van der Waals surface area contributed by atoms with Crippen LogP contribution in [0.4, 0.5) is 0 Å². The number of hydrogen-bond donors (Lipinski definition) is 1. The van der Waals surface area contributed by atoms with E-state index < -0.39 is 0 Å². The number of hydrogen-bond acceptors (Lipinski definition) is 3. The van der Waals surface area contributed by atoms with Crippen molar-refractivity contribution in [2.45, 2.75) is 58.4 Å².